The lowest BCUT2D eigenvalue weighted by Crippen LogP contribution is -1.91. The molecule has 45 heavy (non-hydrogen) atoms. The number of fused-ring (bicyclic) bond motifs is 5. The molecule has 0 bridgehead atoms. The fourth-order valence-electron chi connectivity index (χ4n) is 5.86. The molecule has 0 spiro atoms. The van der Waals surface area contributed by atoms with Crippen molar-refractivity contribution in [2.45, 2.75) is 0 Å². The van der Waals surface area contributed by atoms with E-state index in [1.165, 1.54) is 0 Å². The Labute approximate surface area is 282 Å². The zero-order valence-corrected chi connectivity index (χ0v) is 23.4. The number of rotatable bonds is 4. The van der Waals surface area contributed by atoms with Crippen LogP contribution < -0.4 is 0 Å². The van der Waals surface area contributed by atoms with Gasteiger partial charge in [0.25, 0.3) is 0 Å². The van der Waals surface area contributed by atoms with Gasteiger partial charge in [-0.25, -0.2) is 0 Å². The van der Waals surface area contributed by atoms with Gasteiger partial charge >= 0.3 is 0 Å². The Bertz CT molecular complexity index is 3260. The summed E-state index contributed by atoms with van der Waals surface area (Å²) < 4.78 is 140. The monoisotopic (exact) mass is 587 g/mol. The standard InChI is InChI=1S/C44H28O/c1-3-11-29(12-4-1)31-19-21-32(22-20-31)43-37-15-7-9-17-39(37)44(40-18-10-8-16-38(40)43)34-24-26-36-35-25-23-33(30-13-5-2-6-14-30)27-41(35)45-42(36)28-34/h1-28H/i2D,5D,6D,13D,14D,19D,20D,21D,22D,23D,24D,25D,26D,27D,28D. The Morgan fingerprint density at radius 3 is 1.38 bits per heavy atom. The van der Waals surface area contributed by atoms with Crippen LogP contribution in [-0.2, 0) is 0 Å². The van der Waals surface area contributed by atoms with Crippen molar-refractivity contribution in [2.24, 2.45) is 0 Å². The molecule has 8 aromatic carbocycles. The first-order valence-electron chi connectivity index (χ1n) is 21.7. The van der Waals surface area contributed by atoms with E-state index in [1.54, 1.807) is 78.9 Å². The molecular formula is C44H28O. The summed E-state index contributed by atoms with van der Waals surface area (Å²) in [6.07, 6.45) is 0. The van der Waals surface area contributed by atoms with Crippen molar-refractivity contribution in [1.82, 2.24) is 0 Å². The van der Waals surface area contributed by atoms with Crippen LogP contribution in [0.1, 0.15) is 20.6 Å². The molecule has 0 amide bonds. The third-order valence-electron chi connectivity index (χ3n) is 7.88. The maximum atomic E-state index is 9.60. The van der Waals surface area contributed by atoms with Gasteiger partial charge in [-0.2, -0.15) is 0 Å². The molecule has 0 saturated heterocycles. The second-order valence-electron chi connectivity index (χ2n) is 10.5. The molecule has 0 unspecified atom stereocenters. The second-order valence-corrected chi connectivity index (χ2v) is 10.5. The second kappa shape index (κ2) is 10.4. The van der Waals surface area contributed by atoms with Gasteiger partial charge in [-0.3, -0.25) is 0 Å². The van der Waals surface area contributed by atoms with Crippen LogP contribution in [0, 0.1) is 0 Å². The maximum Gasteiger partial charge on any atom is 0.136 e. The van der Waals surface area contributed by atoms with Gasteiger partial charge in [0, 0.05) is 10.8 Å². The molecule has 0 atom stereocenters. The first-order chi connectivity index (χ1) is 28.6. The van der Waals surface area contributed by atoms with Gasteiger partial charge < -0.3 is 4.42 Å². The normalized spacial score (nSPS) is 16.2. The summed E-state index contributed by atoms with van der Waals surface area (Å²) in [5.74, 6) is 0. The maximum absolute atomic E-state index is 9.60. The van der Waals surface area contributed by atoms with Crippen molar-refractivity contribution in [3.05, 3.63) is 169 Å². The summed E-state index contributed by atoms with van der Waals surface area (Å²) in [7, 11) is 0. The molecule has 1 heterocycles. The lowest BCUT2D eigenvalue weighted by Gasteiger charge is -2.18. The van der Waals surface area contributed by atoms with Crippen LogP contribution in [0.4, 0.5) is 0 Å². The van der Waals surface area contributed by atoms with Crippen LogP contribution in [-0.4, -0.2) is 0 Å². The van der Waals surface area contributed by atoms with Gasteiger partial charge in [-0.05, 0) is 90.2 Å². The van der Waals surface area contributed by atoms with Crippen molar-refractivity contribution in [2.75, 3.05) is 0 Å². The molecule has 0 aliphatic heterocycles. The van der Waals surface area contributed by atoms with Gasteiger partial charge in [0.05, 0.1) is 20.6 Å². The molecule has 1 nitrogen and oxygen atoms in total. The summed E-state index contributed by atoms with van der Waals surface area (Å²) in [4.78, 5) is 0. The number of hydrogen-bond acceptors (Lipinski definition) is 1. The van der Waals surface area contributed by atoms with Gasteiger partial charge in [0.15, 0.2) is 0 Å². The SMILES string of the molecule is [2H]c1c([2H])c([2H])c(-c2c([2H])c([2H])c3c(oc4c([2H])c(-c5c6ccccc6c(-c6c([2H])c([2H])c(-c7ccccc7)c([2H])c6[2H])c6ccccc56)c([2H])c([2H])c43)c2[2H])c([2H])c1[2H]. The summed E-state index contributed by atoms with van der Waals surface area (Å²) in [6, 6.07) is 15.2. The molecule has 0 fully saturated rings. The minimum Gasteiger partial charge on any atom is -0.456 e. The zero-order valence-electron chi connectivity index (χ0n) is 38.4. The topological polar surface area (TPSA) is 13.1 Å². The fourth-order valence-corrected chi connectivity index (χ4v) is 5.86. The molecule has 0 saturated carbocycles. The number of hydrogen-bond donors (Lipinski definition) is 0. The van der Waals surface area contributed by atoms with E-state index in [1.807, 2.05) is 0 Å². The van der Waals surface area contributed by atoms with Gasteiger partial charge in [0.2, 0.25) is 0 Å². The first kappa shape index (κ1) is 14.7. The van der Waals surface area contributed by atoms with E-state index in [0.29, 0.717) is 38.2 Å². The van der Waals surface area contributed by atoms with E-state index in [9.17, 15) is 6.85 Å². The molecular weight excluding hydrogens is 544 g/mol. The van der Waals surface area contributed by atoms with Gasteiger partial charge in [-0.15, -0.1) is 0 Å². The lowest BCUT2D eigenvalue weighted by molar-refractivity contribution is 0.669. The third kappa shape index (κ3) is 4.24. The minimum absolute atomic E-state index is 0.0421. The Morgan fingerprint density at radius 1 is 0.333 bits per heavy atom. The van der Waals surface area contributed by atoms with Gasteiger partial charge in [-0.1, -0.05) is 145 Å². The zero-order chi connectivity index (χ0) is 42.8. The predicted molar refractivity (Wildman–Crippen MR) is 190 cm³/mol. The molecule has 0 radical (unpaired) electrons. The van der Waals surface area contributed by atoms with Crippen molar-refractivity contribution in [1.29, 1.82) is 0 Å². The van der Waals surface area contributed by atoms with Crippen LogP contribution >= 0.6 is 0 Å². The molecule has 210 valence electrons. The Balaban J connectivity index is 1.37. The van der Waals surface area contributed by atoms with Crippen molar-refractivity contribution >= 4 is 43.5 Å². The Kier molecular flexibility index (Phi) is 3.39. The van der Waals surface area contributed by atoms with Crippen molar-refractivity contribution in [3.8, 4) is 44.5 Å². The molecule has 0 N–H and O–H groups in total. The number of benzene rings is 8. The van der Waals surface area contributed by atoms with Crippen molar-refractivity contribution in [3.63, 3.8) is 0 Å². The average Bonchev–Trinajstić information content (AvgIpc) is 3.67. The summed E-state index contributed by atoms with van der Waals surface area (Å²) in [5.41, 5.74) is -0.116. The Morgan fingerprint density at radius 2 is 0.778 bits per heavy atom. The van der Waals surface area contributed by atoms with Crippen LogP contribution in [0.2, 0.25) is 0 Å². The molecule has 1 aromatic heterocycles. The minimum atomic E-state index is -0.695. The highest BCUT2D eigenvalue weighted by Gasteiger charge is 2.18. The van der Waals surface area contributed by atoms with Crippen LogP contribution in [0.3, 0.4) is 0 Å². The molecule has 0 aliphatic carbocycles. The van der Waals surface area contributed by atoms with E-state index in [2.05, 4.69) is 0 Å². The summed E-state index contributed by atoms with van der Waals surface area (Å²) in [6.45, 7) is 0. The highest BCUT2D eigenvalue weighted by atomic mass is 16.3. The third-order valence-corrected chi connectivity index (χ3v) is 7.88. The Hall–Kier alpha value is -5.92. The lowest BCUT2D eigenvalue weighted by atomic mass is 9.85. The number of furan rings is 1. The van der Waals surface area contributed by atoms with E-state index < -0.39 is 71.6 Å². The van der Waals surface area contributed by atoms with Crippen LogP contribution in [0.5, 0.6) is 0 Å². The molecule has 0 aliphatic rings. The van der Waals surface area contributed by atoms with E-state index in [0.717, 1.165) is 0 Å². The summed E-state index contributed by atoms with van der Waals surface area (Å²) in [5, 5.41) is 1.52. The first-order valence-corrected chi connectivity index (χ1v) is 14.2. The van der Waals surface area contributed by atoms with Crippen LogP contribution in [0.15, 0.2) is 174 Å². The largest absolute Gasteiger partial charge is 0.456 e. The van der Waals surface area contributed by atoms with E-state index >= 15 is 0 Å². The van der Waals surface area contributed by atoms with Crippen molar-refractivity contribution < 1.29 is 25.0 Å². The molecule has 9 aromatic rings. The van der Waals surface area contributed by atoms with Gasteiger partial charge in [0.1, 0.15) is 11.2 Å². The average molecular weight is 588 g/mol. The molecule has 9 rings (SSSR count). The fraction of sp³-hybridized carbons (Fsp3) is 0. The predicted octanol–water partition coefficient (Wildman–Crippen LogP) is 12.6. The molecule has 1 heteroatoms. The quantitative estimate of drug-likeness (QED) is 0.187. The van der Waals surface area contributed by atoms with E-state index in [4.69, 9.17) is 18.1 Å². The highest BCUT2D eigenvalue weighted by molar-refractivity contribution is 6.22. The highest BCUT2D eigenvalue weighted by Crippen LogP contribution is 2.45. The summed E-state index contributed by atoms with van der Waals surface area (Å²) >= 11 is 0. The smallest absolute Gasteiger partial charge is 0.136 e. The van der Waals surface area contributed by atoms with Crippen LogP contribution in [0.25, 0.3) is 88.0 Å². The van der Waals surface area contributed by atoms with E-state index in [-0.39, 0.29) is 68.8 Å².